The van der Waals surface area contributed by atoms with Gasteiger partial charge < -0.3 is 4.90 Å². The second kappa shape index (κ2) is 8.89. The summed E-state index contributed by atoms with van der Waals surface area (Å²) >= 11 is 0. The number of carbonyl (C=O) groups is 2. The summed E-state index contributed by atoms with van der Waals surface area (Å²) in [5.41, 5.74) is 3.19. The molecule has 2 aromatic carbocycles. The van der Waals surface area contributed by atoms with Gasteiger partial charge in [0.25, 0.3) is 5.91 Å². The van der Waals surface area contributed by atoms with Crippen molar-refractivity contribution in [2.45, 2.75) is 32.2 Å². The van der Waals surface area contributed by atoms with E-state index in [0.29, 0.717) is 12.1 Å². The second-order valence-corrected chi connectivity index (χ2v) is 8.09. The standard InChI is InChI=1S/C24H29N3O2/c1-19-9-11-21(12-10-19)27-23(28)18-22(24(27)29)26-16-14-25(15-17-26)13-5-8-20-6-3-2-4-7-20/h2-4,6-7,9-12,22H,5,8,13-18H2,1H3. The van der Waals surface area contributed by atoms with E-state index in [0.717, 1.165) is 51.1 Å². The summed E-state index contributed by atoms with van der Waals surface area (Å²) in [5, 5.41) is 0. The van der Waals surface area contributed by atoms with Crippen molar-refractivity contribution < 1.29 is 9.59 Å². The van der Waals surface area contributed by atoms with Gasteiger partial charge in [0.1, 0.15) is 0 Å². The van der Waals surface area contributed by atoms with Crippen LogP contribution in [-0.4, -0.2) is 60.4 Å². The molecular formula is C24H29N3O2. The van der Waals surface area contributed by atoms with Gasteiger partial charge in [-0.1, -0.05) is 48.0 Å². The van der Waals surface area contributed by atoms with Crippen molar-refractivity contribution in [3.05, 3.63) is 65.7 Å². The number of nitrogens with zero attached hydrogens (tertiary/aromatic N) is 3. The smallest absolute Gasteiger partial charge is 0.251 e. The van der Waals surface area contributed by atoms with E-state index in [1.807, 2.05) is 31.2 Å². The zero-order valence-corrected chi connectivity index (χ0v) is 17.1. The highest BCUT2D eigenvalue weighted by Gasteiger charge is 2.43. The molecule has 152 valence electrons. The van der Waals surface area contributed by atoms with E-state index < -0.39 is 0 Å². The molecule has 2 aromatic rings. The first-order valence-corrected chi connectivity index (χ1v) is 10.6. The second-order valence-electron chi connectivity index (χ2n) is 8.09. The van der Waals surface area contributed by atoms with Gasteiger partial charge in [0.15, 0.2) is 0 Å². The van der Waals surface area contributed by atoms with Gasteiger partial charge in [-0.05, 0) is 44.0 Å². The Morgan fingerprint density at radius 1 is 0.897 bits per heavy atom. The molecule has 0 aromatic heterocycles. The van der Waals surface area contributed by atoms with E-state index in [2.05, 4.69) is 40.1 Å². The largest absolute Gasteiger partial charge is 0.301 e. The number of amides is 2. The fourth-order valence-corrected chi connectivity index (χ4v) is 4.32. The van der Waals surface area contributed by atoms with E-state index in [1.165, 1.54) is 10.5 Å². The molecule has 1 unspecified atom stereocenters. The molecule has 0 spiro atoms. The molecule has 29 heavy (non-hydrogen) atoms. The SMILES string of the molecule is Cc1ccc(N2C(=O)CC(N3CCN(CCCc4ccccc4)CC3)C2=O)cc1. The number of anilines is 1. The number of hydrogen-bond donors (Lipinski definition) is 0. The summed E-state index contributed by atoms with van der Waals surface area (Å²) in [7, 11) is 0. The van der Waals surface area contributed by atoms with Crippen LogP contribution in [0.3, 0.4) is 0 Å². The summed E-state index contributed by atoms with van der Waals surface area (Å²) in [4.78, 5) is 31.5. The maximum absolute atomic E-state index is 13.0. The Bertz CT molecular complexity index is 842. The number of carbonyl (C=O) groups excluding carboxylic acids is 2. The van der Waals surface area contributed by atoms with Crippen LogP contribution >= 0.6 is 0 Å². The van der Waals surface area contributed by atoms with Crippen LogP contribution in [0.15, 0.2) is 54.6 Å². The lowest BCUT2D eigenvalue weighted by molar-refractivity contribution is -0.123. The Morgan fingerprint density at radius 2 is 1.59 bits per heavy atom. The van der Waals surface area contributed by atoms with E-state index in [1.54, 1.807) is 0 Å². The number of rotatable bonds is 6. The summed E-state index contributed by atoms with van der Waals surface area (Å²) in [6.07, 6.45) is 2.54. The Labute approximate surface area is 172 Å². The maximum Gasteiger partial charge on any atom is 0.251 e. The highest BCUT2D eigenvalue weighted by atomic mass is 16.2. The Morgan fingerprint density at radius 3 is 2.28 bits per heavy atom. The van der Waals surface area contributed by atoms with Crippen LogP contribution in [0.25, 0.3) is 0 Å². The zero-order valence-electron chi connectivity index (χ0n) is 17.1. The average Bonchev–Trinajstić information content (AvgIpc) is 3.04. The van der Waals surface area contributed by atoms with Crippen molar-refractivity contribution in [2.75, 3.05) is 37.6 Å². The van der Waals surface area contributed by atoms with E-state index in [9.17, 15) is 9.59 Å². The van der Waals surface area contributed by atoms with Crippen molar-refractivity contribution in [1.29, 1.82) is 0 Å². The molecule has 2 aliphatic heterocycles. The molecule has 2 heterocycles. The number of hydrogen-bond acceptors (Lipinski definition) is 4. The van der Waals surface area contributed by atoms with Crippen molar-refractivity contribution in [2.24, 2.45) is 0 Å². The minimum Gasteiger partial charge on any atom is -0.301 e. The molecule has 0 bridgehead atoms. The van der Waals surface area contributed by atoms with Crippen LogP contribution in [0.2, 0.25) is 0 Å². The molecule has 5 heteroatoms. The van der Waals surface area contributed by atoms with Gasteiger partial charge in [-0.25, -0.2) is 4.90 Å². The molecule has 0 N–H and O–H groups in total. The van der Waals surface area contributed by atoms with Gasteiger partial charge in [-0.15, -0.1) is 0 Å². The fraction of sp³-hybridized carbons (Fsp3) is 0.417. The van der Waals surface area contributed by atoms with Gasteiger partial charge in [0, 0.05) is 26.2 Å². The molecule has 2 fully saturated rings. The van der Waals surface area contributed by atoms with Crippen LogP contribution in [0.1, 0.15) is 24.0 Å². The van der Waals surface area contributed by atoms with Crippen LogP contribution in [0.4, 0.5) is 5.69 Å². The van der Waals surface area contributed by atoms with Crippen molar-refractivity contribution in [3.8, 4) is 0 Å². The molecule has 2 aliphatic rings. The van der Waals surface area contributed by atoms with Crippen LogP contribution < -0.4 is 4.90 Å². The minimum atomic E-state index is -0.310. The monoisotopic (exact) mass is 391 g/mol. The topological polar surface area (TPSA) is 43.9 Å². The van der Waals surface area contributed by atoms with Crippen LogP contribution in [0.5, 0.6) is 0 Å². The Kier molecular flexibility index (Phi) is 6.07. The molecule has 5 nitrogen and oxygen atoms in total. The third-order valence-corrected chi connectivity index (χ3v) is 6.05. The van der Waals surface area contributed by atoms with Crippen LogP contribution in [-0.2, 0) is 16.0 Å². The molecule has 0 aliphatic carbocycles. The number of piperazine rings is 1. The summed E-state index contributed by atoms with van der Waals surface area (Å²) in [6.45, 7) is 6.68. The normalized spacial score (nSPS) is 21.1. The van der Waals surface area contributed by atoms with Crippen LogP contribution in [0, 0.1) is 6.92 Å². The Balaban J connectivity index is 1.28. The Hall–Kier alpha value is -2.50. The van der Waals surface area contributed by atoms with Gasteiger partial charge in [-0.3, -0.25) is 14.5 Å². The van der Waals surface area contributed by atoms with Gasteiger partial charge in [0.2, 0.25) is 5.91 Å². The predicted molar refractivity (Wildman–Crippen MR) is 115 cm³/mol. The van der Waals surface area contributed by atoms with E-state index in [4.69, 9.17) is 0 Å². The first kappa shape index (κ1) is 19.8. The molecule has 0 radical (unpaired) electrons. The van der Waals surface area contributed by atoms with Crippen molar-refractivity contribution in [3.63, 3.8) is 0 Å². The third-order valence-electron chi connectivity index (χ3n) is 6.05. The third kappa shape index (κ3) is 4.57. The highest BCUT2D eigenvalue weighted by Crippen LogP contribution is 2.26. The first-order chi connectivity index (χ1) is 14.1. The van der Waals surface area contributed by atoms with Crippen molar-refractivity contribution in [1.82, 2.24) is 9.80 Å². The average molecular weight is 392 g/mol. The lowest BCUT2D eigenvalue weighted by atomic mass is 10.1. The van der Waals surface area contributed by atoms with E-state index in [-0.39, 0.29) is 17.9 Å². The number of benzene rings is 2. The maximum atomic E-state index is 13.0. The molecular weight excluding hydrogens is 362 g/mol. The lowest BCUT2D eigenvalue weighted by Crippen LogP contribution is -2.52. The van der Waals surface area contributed by atoms with Gasteiger partial charge in [-0.2, -0.15) is 0 Å². The zero-order chi connectivity index (χ0) is 20.2. The highest BCUT2D eigenvalue weighted by molar-refractivity contribution is 6.22. The van der Waals surface area contributed by atoms with Crippen molar-refractivity contribution >= 4 is 17.5 Å². The van der Waals surface area contributed by atoms with Gasteiger partial charge in [0.05, 0.1) is 18.2 Å². The molecule has 1 atom stereocenters. The quantitative estimate of drug-likeness (QED) is 0.711. The minimum absolute atomic E-state index is 0.0728. The molecule has 2 amide bonds. The number of aryl methyl sites for hydroxylation is 2. The fourth-order valence-electron chi connectivity index (χ4n) is 4.32. The summed E-state index contributed by atoms with van der Waals surface area (Å²) in [6, 6.07) is 17.9. The van der Waals surface area contributed by atoms with Gasteiger partial charge >= 0.3 is 0 Å². The molecule has 2 saturated heterocycles. The summed E-state index contributed by atoms with van der Waals surface area (Å²) in [5.74, 6) is -0.162. The summed E-state index contributed by atoms with van der Waals surface area (Å²) < 4.78 is 0. The number of imide groups is 1. The first-order valence-electron chi connectivity index (χ1n) is 10.6. The predicted octanol–water partition coefficient (Wildman–Crippen LogP) is 2.88. The lowest BCUT2D eigenvalue weighted by Gasteiger charge is -2.37. The van der Waals surface area contributed by atoms with E-state index >= 15 is 0 Å². The molecule has 4 rings (SSSR count). The molecule has 0 saturated carbocycles.